The standard InChI is InChI=1S/C14H15ClN2O/c1-2-10-3-5-12(16-8-10)7-13(18)11-4-6-14(15)17-9-11/h3-6,8-9,13,18H,2,7H2,1H3. The topological polar surface area (TPSA) is 46.0 Å². The molecule has 18 heavy (non-hydrogen) atoms. The zero-order valence-corrected chi connectivity index (χ0v) is 10.9. The molecule has 1 unspecified atom stereocenters. The fraction of sp³-hybridized carbons (Fsp3) is 0.286. The number of aromatic nitrogens is 2. The van der Waals surface area contributed by atoms with Crippen LogP contribution in [-0.4, -0.2) is 15.1 Å². The Morgan fingerprint density at radius 2 is 2.00 bits per heavy atom. The molecule has 0 saturated carbocycles. The summed E-state index contributed by atoms with van der Waals surface area (Å²) in [5, 5.41) is 10.5. The Hall–Kier alpha value is -1.45. The lowest BCUT2D eigenvalue weighted by Crippen LogP contribution is -2.04. The highest BCUT2D eigenvalue weighted by atomic mass is 35.5. The van der Waals surface area contributed by atoms with Gasteiger partial charge in [-0.3, -0.25) is 4.98 Å². The predicted molar refractivity (Wildman–Crippen MR) is 71.5 cm³/mol. The second kappa shape index (κ2) is 5.94. The fourth-order valence-corrected chi connectivity index (χ4v) is 1.80. The summed E-state index contributed by atoms with van der Waals surface area (Å²) in [4.78, 5) is 8.28. The van der Waals surface area contributed by atoms with E-state index in [4.69, 9.17) is 11.6 Å². The normalized spacial score (nSPS) is 12.4. The monoisotopic (exact) mass is 262 g/mol. The van der Waals surface area contributed by atoms with Crippen LogP contribution in [0.15, 0.2) is 36.7 Å². The molecule has 0 aliphatic heterocycles. The third kappa shape index (κ3) is 3.28. The first-order valence-corrected chi connectivity index (χ1v) is 6.30. The molecule has 2 aromatic heterocycles. The van der Waals surface area contributed by atoms with Crippen molar-refractivity contribution < 1.29 is 5.11 Å². The van der Waals surface area contributed by atoms with Crippen molar-refractivity contribution in [1.29, 1.82) is 0 Å². The third-order valence-electron chi connectivity index (χ3n) is 2.83. The maximum Gasteiger partial charge on any atom is 0.129 e. The summed E-state index contributed by atoms with van der Waals surface area (Å²) in [7, 11) is 0. The molecule has 2 heterocycles. The summed E-state index contributed by atoms with van der Waals surface area (Å²) in [6.45, 7) is 2.09. The van der Waals surface area contributed by atoms with Gasteiger partial charge in [0.25, 0.3) is 0 Å². The molecule has 0 spiro atoms. The first-order valence-electron chi connectivity index (χ1n) is 5.92. The van der Waals surface area contributed by atoms with Crippen LogP contribution in [0.5, 0.6) is 0 Å². The number of aliphatic hydroxyl groups excluding tert-OH is 1. The van der Waals surface area contributed by atoms with Gasteiger partial charge in [-0.2, -0.15) is 0 Å². The summed E-state index contributed by atoms with van der Waals surface area (Å²) in [5.74, 6) is 0. The number of hydrogen-bond acceptors (Lipinski definition) is 3. The number of rotatable bonds is 4. The molecule has 94 valence electrons. The van der Waals surface area contributed by atoms with Gasteiger partial charge >= 0.3 is 0 Å². The Kier molecular flexibility index (Phi) is 4.28. The quantitative estimate of drug-likeness (QED) is 0.862. The number of aliphatic hydroxyl groups is 1. The van der Waals surface area contributed by atoms with Crippen LogP contribution in [0, 0.1) is 0 Å². The van der Waals surface area contributed by atoms with E-state index >= 15 is 0 Å². The van der Waals surface area contributed by atoms with Gasteiger partial charge in [-0.25, -0.2) is 4.98 Å². The highest BCUT2D eigenvalue weighted by Gasteiger charge is 2.09. The number of pyridine rings is 2. The molecule has 0 radical (unpaired) electrons. The Morgan fingerprint density at radius 3 is 2.56 bits per heavy atom. The van der Waals surface area contributed by atoms with Gasteiger partial charge in [0, 0.05) is 24.5 Å². The molecule has 3 nitrogen and oxygen atoms in total. The minimum Gasteiger partial charge on any atom is -0.388 e. The van der Waals surface area contributed by atoms with Crippen LogP contribution in [0.1, 0.15) is 29.8 Å². The summed E-state index contributed by atoms with van der Waals surface area (Å²) in [6, 6.07) is 7.44. The van der Waals surface area contributed by atoms with Crippen molar-refractivity contribution in [3.8, 4) is 0 Å². The summed E-state index contributed by atoms with van der Waals surface area (Å²) < 4.78 is 0. The zero-order valence-electron chi connectivity index (χ0n) is 10.2. The van der Waals surface area contributed by atoms with E-state index in [2.05, 4.69) is 16.9 Å². The maximum absolute atomic E-state index is 10.1. The second-order valence-electron chi connectivity index (χ2n) is 4.15. The van der Waals surface area contributed by atoms with Crippen molar-refractivity contribution in [1.82, 2.24) is 9.97 Å². The molecule has 0 fully saturated rings. The molecule has 0 bridgehead atoms. The fourth-order valence-electron chi connectivity index (χ4n) is 1.69. The van der Waals surface area contributed by atoms with Crippen LogP contribution in [0.4, 0.5) is 0 Å². The molecular formula is C14H15ClN2O. The summed E-state index contributed by atoms with van der Waals surface area (Å²) >= 11 is 5.70. The van der Waals surface area contributed by atoms with E-state index in [1.54, 1.807) is 18.3 Å². The Morgan fingerprint density at radius 1 is 1.17 bits per heavy atom. The van der Waals surface area contributed by atoms with Gasteiger partial charge in [-0.15, -0.1) is 0 Å². The molecule has 1 atom stereocenters. The van der Waals surface area contributed by atoms with Crippen molar-refractivity contribution in [3.63, 3.8) is 0 Å². The van der Waals surface area contributed by atoms with Crippen molar-refractivity contribution in [3.05, 3.63) is 58.6 Å². The Bertz CT molecular complexity index is 496. The Balaban J connectivity index is 2.05. The van der Waals surface area contributed by atoms with E-state index in [-0.39, 0.29) is 0 Å². The minimum absolute atomic E-state index is 0.427. The van der Waals surface area contributed by atoms with Crippen molar-refractivity contribution >= 4 is 11.6 Å². The molecular weight excluding hydrogens is 248 g/mol. The van der Waals surface area contributed by atoms with E-state index in [1.165, 1.54) is 5.56 Å². The maximum atomic E-state index is 10.1. The van der Waals surface area contributed by atoms with Gasteiger partial charge in [0.1, 0.15) is 5.15 Å². The molecule has 2 aromatic rings. The first-order chi connectivity index (χ1) is 8.69. The smallest absolute Gasteiger partial charge is 0.129 e. The lowest BCUT2D eigenvalue weighted by atomic mass is 10.1. The number of nitrogens with zero attached hydrogens (tertiary/aromatic N) is 2. The average Bonchev–Trinajstić information content (AvgIpc) is 2.40. The van der Waals surface area contributed by atoms with Crippen LogP contribution in [0.3, 0.4) is 0 Å². The van der Waals surface area contributed by atoms with Gasteiger partial charge < -0.3 is 5.11 Å². The SMILES string of the molecule is CCc1ccc(CC(O)c2ccc(Cl)nc2)nc1. The summed E-state index contributed by atoms with van der Waals surface area (Å²) in [5.41, 5.74) is 2.82. The van der Waals surface area contributed by atoms with E-state index in [1.807, 2.05) is 18.3 Å². The molecule has 2 rings (SSSR count). The van der Waals surface area contributed by atoms with E-state index in [0.29, 0.717) is 11.6 Å². The van der Waals surface area contributed by atoms with E-state index in [9.17, 15) is 5.11 Å². The zero-order chi connectivity index (χ0) is 13.0. The molecule has 0 saturated heterocycles. The average molecular weight is 263 g/mol. The van der Waals surface area contributed by atoms with Gasteiger partial charge in [-0.1, -0.05) is 30.7 Å². The van der Waals surface area contributed by atoms with Crippen molar-refractivity contribution in [2.45, 2.75) is 25.9 Å². The molecule has 0 aliphatic carbocycles. The lowest BCUT2D eigenvalue weighted by molar-refractivity contribution is 0.177. The van der Waals surface area contributed by atoms with Crippen LogP contribution >= 0.6 is 11.6 Å². The van der Waals surface area contributed by atoms with Crippen molar-refractivity contribution in [2.75, 3.05) is 0 Å². The van der Waals surface area contributed by atoms with Gasteiger partial charge in [0.2, 0.25) is 0 Å². The van der Waals surface area contributed by atoms with Crippen LogP contribution in [0.25, 0.3) is 0 Å². The number of aryl methyl sites for hydroxylation is 1. The van der Waals surface area contributed by atoms with Gasteiger partial charge in [-0.05, 0) is 29.7 Å². The first kappa shape index (κ1) is 13.0. The molecule has 0 aromatic carbocycles. The molecule has 0 aliphatic rings. The molecule has 1 N–H and O–H groups in total. The highest BCUT2D eigenvalue weighted by molar-refractivity contribution is 6.29. The van der Waals surface area contributed by atoms with Crippen molar-refractivity contribution in [2.24, 2.45) is 0 Å². The number of halogens is 1. The minimum atomic E-state index is -0.602. The molecule has 4 heteroatoms. The predicted octanol–water partition coefficient (Wildman–Crippen LogP) is 2.97. The lowest BCUT2D eigenvalue weighted by Gasteiger charge is -2.10. The van der Waals surface area contributed by atoms with Crippen LogP contribution in [-0.2, 0) is 12.8 Å². The second-order valence-corrected chi connectivity index (χ2v) is 4.53. The van der Waals surface area contributed by atoms with Crippen LogP contribution < -0.4 is 0 Å². The van der Waals surface area contributed by atoms with Gasteiger partial charge in [0.15, 0.2) is 0 Å². The Labute approximate surface area is 111 Å². The number of hydrogen-bond donors (Lipinski definition) is 1. The van der Waals surface area contributed by atoms with E-state index < -0.39 is 6.10 Å². The highest BCUT2D eigenvalue weighted by Crippen LogP contribution is 2.18. The summed E-state index contributed by atoms with van der Waals surface area (Å²) in [6.07, 6.45) is 4.29. The van der Waals surface area contributed by atoms with Gasteiger partial charge in [0.05, 0.1) is 6.10 Å². The third-order valence-corrected chi connectivity index (χ3v) is 3.06. The van der Waals surface area contributed by atoms with Crippen LogP contribution in [0.2, 0.25) is 5.15 Å². The largest absolute Gasteiger partial charge is 0.388 e. The molecule has 0 amide bonds. The van der Waals surface area contributed by atoms with E-state index in [0.717, 1.165) is 17.7 Å².